The Balaban J connectivity index is 2.07. The molecule has 92 valence electrons. The van der Waals surface area contributed by atoms with Crippen LogP contribution in [0.2, 0.25) is 0 Å². The molecule has 1 aliphatic rings. The standard InChI is InChI=1S/C14H14FN3/c1-8-10(9-2-3-9)4-5-11(14(8)15)12-6-18-13(16)7-17-12/h4-7,9H,2-3H2,1H3,(H2,16,18). The SMILES string of the molecule is Cc1c(C2CC2)ccc(-c2cnc(N)cn2)c1F. The van der Waals surface area contributed by atoms with Gasteiger partial charge in [0, 0.05) is 5.56 Å². The Morgan fingerprint density at radius 2 is 2.00 bits per heavy atom. The molecule has 2 N–H and O–H groups in total. The predicted molar refractivity (Wildman–Crippen MR) is 68.6 cm³/mol. The molecule has 1 saturated carbocycles. The molecule has 18 heavy (non-hydrogen) atoms. The number of hydrogen-bond donors (Lipinski definition) is 1. The van der Waals surface area contributed by atoms with E-state index in [1.807, 2.05) is 13.0 Å². The summed E-state index contributed by atoms with van der Waals surface area (Å²) in [5.41, 5.74) is 8.34. The van der Waals surface area contributed by atoms with Gasteiger partial charge in [0.2, 0.25) is 0 Å². The molecule has 4 heteroatoms. The quantitative estimate of drug-likeness (QED) is 0.882. The van der Waals surface area contributed by atoms with Crippen molar-refractivity contribution >= 4 is 5.82 Å². The number of anilines is 1. The molecule has 0 radical (unpaired) electrons. The summed E-state index contributed by atoms with van der Waals surface area (Å²) < 4.78 is 14.3. The van der Waals surface area contributed by atoms with Crippen molar-refractivity contribution in [2.45, 2.75) is 25.7 Å². The van der Waals surface area contributed by atoms with Gasteiger partial charge in [0.25, 0.3) is 0 Å². The molecule has 1 heterocycles. The van der Waals surface area contributed by atoms with E-state index in [2.05, 4.69) is 9.97 Å². The molecular weight excluding hydrogens is 229 g/mol. The van der Waals surface area contributed by atoms with Crippen LogP contribution in [-0.4, -0.2) is 9.97 Å². The molecule has 3 nitrogen and oxygen atoms in total. The Labute approximate surface area is 105 Å². The van der Waals surface area contributed by atoms with Crippen molar-refractivity contribution in [2.24, 2.45) is 0 Å². The number of benzene rings is 1. The van der Waals surface area contributed by atoms with Gasteiger partial charge < -0.3 is 5.73 Å². The smallest absolute Gasteiger partial charge is 0.141 e. The molecule has 1 aromatic carbocycles. The number of nitrogens with zero attached hydrogens (tertiary/aromatic N) is 2. The Hall–Kier alpha value is -1.97. The van der Waals surface area contributed by atoms with Crippen LogP contribution in [0.5, 0.6) is 0 Å². The van der Waals surface area contributed by atoms with Gasteiger partial charge in [-0.1, -0.05) is 6.07 Å². The van der Waals surface area contributed by atoms with Gasteiger partial charge in [0.05, 0.1) is 18.1 Å². The van der Waals surface area contributed by atoms with E-state index in [0.29, 0.717) is 23.0 Å². The molecule has 3 rings (SSSR count). The van der Waals surface area contributed by atoms with Crippen molar-refractivity contribution in [3.05, 3.63) is 41.5 Å². The normalized spacial score (nSPS) is 14.8. The van der Waals surface area contributed by atoms with E-state index in [-0.39, 0.29) is 5.82 Å². The maximum atomic E-state index is 14.3. The Morgan fingerprint density at radius 1 is 1.22 bits per heavy atom. The van der Waals surface area contributed by atoms with Crippen molar-refractivity contribution < 1.29 is 4.39 Å². The topological polar surface area (TPSA) is 51.8 Å². The van der Waals surface area contributed by atoms with E-state index in [0.717, 1.165) is 11.1 Å². The van der Waals surface area contributed by atoms with Gasteiger partial charge in [0.15, 0.2) is 0 Å². The van der Waals surface area contributed by atoms with Gasteiger partial charge in [-0.15, -0.1) is 0 Å². The second-order valence-electron chi connectivity index (χ2n) is 4.74. The van der Waals surface area contributed by atoms with Crippen LogP contribution in [0.15, 0.2) is 24.5 Å². The minimum Gasteiger partial charge on any atom is -0.382 e. The molecular formula is C14H14FN3. The minimum absolute atomic E-state index is 0.196. The summed E-state index contributed by atoms with van der Waals surface area (Å²) in [4.78, 5) is 8.06. The fourth-order valence-corrected chi connectivity index (χ4v) is 2.21. The van der Waals surface area contributed by atoms with Crippen LogP contribution in [0.3, 0.4) is 0 Å². The average molecular weight is 243 g/mol. The van der Waals surface area contributed by atoms with E-state index >= 15 is 0 Å². The zero-order valence-corrected chi connectivity index (χ0v) is 10.2. The largest absolute Gasteiger partial charge is 0.382 e. The minimum atomic E-state index is -0.196. The van der Waals surface area contributed by atoms with Gasteiger partial charge in [-0.3, -0.25) is 4.98 Å². The first-order valence-corrected chi connectivity index (χ1v) is 6.03. The molecule has 1 aliphatic carbocycles. The second kappa shape index (κ2) is 4.05. The lowest BCUT2D eigenvalue weighted by atomic mass is 9.99. The first-order chi connectivity index (χ1) is 8.66. The van der Waals surface area contributed by atoms with Crippen LogP contribution >= 0.6 is 0 Å². The molecule has 2 aromatic rings. The maximum absolute atomic E-state index is 14.3. The molecule has 0 bridgehead atoms. The summed E-state index contributed by atoms with van der Waals surface area (Å²) in [5, 5.41) is 0. The highest BCUT2D eigenvalue weighted by Gasteiger charge is 2.27. The highest BCUT2D eigenvalue weighted by molar-refractivity contribution is 5.62. The molecule has 0 unspecified atom stereocenters. The van der Waals surface area contributed by atoms with Crippen molar-refractivity contribution in [1.82, 2.24) is 9.97 Å². The third-order valence-electron chi connectivity index (χ3n) is 3.39. The predicted octanol–water partition coefficient (Wildman–Crippen LogP) is 3.05. The van der Waals surface area contributed by atoms with Crippen molar-refractivity contribution in [3.8, 4) is 11.3 Å². The van der Waals surface area contributed by atoms with Crippen LogP contribution in [0.1, 0.15) is 29.9 Å². The zero-order chi connectivity index (χ0) is 12.7. The van der Waals surface area contributed by atoms with Gasteiger partial charge in [-0.25, -0.2) is 9.37 Å². The number of aromatic nitrogens is 2. The first-order valence-electron chi connectivity index (χ1n) is 6.03. The van der Waals surface area contributed by atoms with E-state index < -0.39 is 0 Å². The summed E-state index contributed by atoms with van der Waals surface area (Å²) in [7, 11) is 0. The van der Waals surface area contributed by atoms with Crippen LogP contribution in [-0.2, 0) is 0 Å². The number of rotatable bonds is 2. The monoisotopic (exact) mass is 243 g/mol. The highest BCUT2D eigenvalue weighted by Crippen LogP contribution is 2.43. The lowest BCUT2D eigenvalue weighted by Crippen LogP contribution is -1.97. The second-order valence-corrected chi connectivity index (χ2v) is 4.74. The van der Waals surface area contributed by atoms with Crippen LogP contribution < -0.4 is 5.73 Å². The summed E-state index contributed by atoms with van der Waals surface area (Å²) in [6.07, 6.45) is 5.28. The third kappa shape index (κ3) is 1.83. The molecule has 0 saturated heterocycles. The van der Waals surface area contributed by atoms with E-state index in [4.69, 9.17) is 5.73 Å². The fourth-order valence-electron chi connectivity index (χ4n) is 2.21. The molecule has 0 aliphatic heterocycles. The van der Waals surface area contributed by atoms with E-state index in [1.54, 1.807) is 6.07 Å². The summed E-state index contributed by atoms with van der Waals surface area (Å²) in [6.45, 7) is 1.83. The van der Waals surface area contributed by atoms with Crippen molar-refractivity contribution in [1.29, 1.82) is 0 Å². The summed E-state index contributed by atoms with van der Waals surface area (Å²) >= 11 is 0. The van der Waals surface area contributed by atoms with Crippen molar-refractivity contribution in [3.63, 3.8) is 0 Å². The lowest BCUT2D eigenvalue weighted by molar-refractivity contribution is 0.618. The molecule has 1 aromatic heterocycles. The molecule has 0 amide bonds. The fraction of sp³-hybridized carbons (Fsp3) is 0.286. The van der Waals surface area contributed by atoms with Crippen LogP contribution in [0.4, 0.5) is 10.2 Å². The Morgan fingerprint density at radius 3 is 2.61 bits per heavy atom. The number of nitrogens with two attached hydrogens (primary N) is 1. The number of hydrogen-bond acceptors (Lipinski definition) is 3. The Bertz CT molecular complexity index is 589. The number of halogens is 1. The molecule has 0 spiro atoms. The summed E-state index contributed by atoms with van der Waals surface area (Å²) in [5.74, 6) is 0.690. The van der Waals surface area contributed by atoms with Crippen LogP contribution in [0.25, 0.3) is 11.3 Å². The average Bonchev–Trinajstić information content (AvgIpc) is 3.18. The van der Waals surface area contributed by atoms with Crippen LogP contribution in [0, 0.1) is 12.7 Å². The zero-order valence-electron chi connectivity index (χ0n) is 10.2. The van der Waals surface area contributed by atoms with Gasteiger partial charge >= 0.3 is 0 Å². The maximum Gasteiger partial charge on any atom is 0.141 e. The molecule has 1 fully saturated rings. The van der Waals surface area contributed by atoms with Gasteiger partial charge in [-0.2, -0.15) is 0 Å². The molecule has 0 atom stereocenters. The van der Waals surface area contributed by atoms with Gasteiger partial charge in [-0.05, 0) is 42.9 Å². The Kier molecular flexibility index (Phi) is 2.51. The van der Waals surface area contributed by atoms with Crippen molar-refractivity contribution in [2.75, 3.05) is 5.73 Å². The summed E-state index contributed by atoms with van der Waals surface area (Å²) in [6, 6.07) is 3.79. The lowest BCUT2D eigenvalue weighted by Gasteiger charge is -2.09. The number of nitrogen functional groups attached to an aromatic ring is 1. The highest BCUT2D eigenvalue weighted by atomic mass is 19.1. The van der Waals surface area contributed by atoms with E-state index in [9.17, 15) is 4.39 Å². The third-order valence-corrected chi connectivity index (χ3v) is 3.39. The first kappa shape index (κ1) is 11.1. The van der Waals surface area contributed by atoms with Gasteiger partial charge in [0.1, 0.15) is 11.6 Å². The van der Waals surface area contributed by atoms with E-state index in [1.165, 1.54) is 25.2 Å².